The van der Waals surface area contributed by atoms with Gasteiger partial charge in [-0.15, -0.1) is 0 Å². The third-order valence-electron chi connectivity index (χ3n) is 4.78. The van der Waals surface area contributed by atoms with Gasteiger partial charge >= 0.3 is 6.03 Å². The number of urea groups is 1. The van der Waals surface area contributed by atoms with Crippen LogP contribution in [-0.4, -0.2) is 47.5 Å². The van der Waals surface area contributed by atoms with Crippen LogP contribution in [-0.2, 0) is 9.53 Å². The maximum Gasteiger partial charge on any atom is 0.325 e. The molecule has 106 valence electrons. The molecule has 1 saturated carbocycles. The van der Waals surface area contributed by atoms with Gasteiger partial charge in [0.15, 0.2) is 0 Å². The first-order chi connectivity index (χ1) is 9.11. The number of ether oxygens (including phenoxy) is 1. The first kappa shape index (κ1) is 13.4. The van der Waals surface area contributed by atoms with E-state index in [4.69, 9.17) is 4.74 Å². The SMILES string of the molecule is O=C1NC2(CCOCC2)C(=O)N1CC1(CBr)CCC1. The van der Waals surface area contributed by atoms with Crippen LogP contribution in [0.2, 0.25) is 0 Å². The Hall–Kier alpha value is -0.620. The van der Waals surface area contributed by atoms with Crippen molar-refractivity contribution in [1.29, 1.82) is 0 Å². The smallest absolute Gasteiger partial charge is 0.325 e. The van der Waals surface area contributed by atoms with E-state index >= 15 is 0 Å². The molecule has 3 amide bonds. The van der Waals surface area contributed by atoms with Gasteiger partial charge < -0.3 is 10.1 Å². The molecule has 1 aliphatic carbocycles. The molecule has 2 heterocycles. The van der Waals surface area contributed by atoms with Crippen molar-refractivity contribution in [3.05, 3.63) is 0 Å². The first-order valence-corrected chi connectivity index (χ1v) is 8.01. The maximum absolute atomic E-state index is 12.6. The second-order valence-corrected chi connectivity index (χ2v) is 6.56. The molecule has 0 radical (unpaired) electrons. The standard InChI is InChI=1S/C13H19BrN2O3/c14-8-12(2-1-3-12)9-16-10(17)13(15-11(16)18)4-6-19-7-5-13/h1-9H2,(H,15,18). The number of nitrogens with zero attached hydrogens (tertiary/aromatic N) is 1. The summed E-state index contributed by atoms with van der Waals surface area (Å²) in [6.45, 7) is 1.64. The zero-order valence-electron chi connectivity index (χ0n) is 10.9. The molecule has 19 heavy (non-hydrogen) atoms. The van der Waals surface area contributed by atoms with Crippen LogP contribution < -0.4 is 5.32 Å². The van der Waals surface area contributed by atoms with Gasteiger partial charge in [-0.1, -0.05) is 22.4 Å². The molecule has 0 aromatic carbocycles. The van der Waals surface area contributed by atoms with Crippen molar-refractivity contribution in [1.82, 2.24) is 10.2 Å². The Morgan fingerprint density at radius 3 is 2.42 bits per heavy atom. The number of imide groups is 1. The molecule has 6 heteroatoms. The predicted octanol–water partition coefficient (Wildman–Crippen LogP) is 1.65. The molecule has 0 atom stereocenters. The first-order valence-electron chi connectivity index (χ1n) is 6.89. The predicted molar refractivity (Wildman–Crippen MR) is 73.1 cm³/mol. The lowest BCUT2D eigenvalue weighted by Crippen LogP contribution is -2.52. The Labute approximate surface area is 121 Å². The van der Waals surface area contributed by atoms with Gasteiger partial charge in [0.1, 0.15) is 5.54 Å². The van der Waals surface area contributed by atoms with E-state index in [-0.39, 0.29) is 17.4 Å². The third kappa shape index (κ3) is 2.09. The largest absolute Gasteiger partial charge is 0.381 e. The lowest BCUT2D eigenvalue weighted by atomic mass is 9.70. The van der Waals surface area contributed by atoms with E-state index in [2.05, 4.69) is 21.2 Å². The summed E-state index contributed by atoms with van der Waals surface area (Å²) in [5, 5.41) is 3.76. The molecule has 3 rings (SSSR count). The molecule has 5 nitrogen and oxygen atoms in total. The summed E-state index contributed by atoms with van der Waals surface area (Å²) in [6.07, 6.45) is 4.55. The summed E-state index contributed by atoms with van der Waals surface area (Å²) >= 11 is 3.53. The average molecular weight is 331 g/mol. The van der Waals surface area contributed by atoms with Crippen LogP contribution in [0.15, 0.2) is 0 Å². The fraction of sp³-hybridized carbons (Fsp3) is 0.846. The highest BCUT2D eigenvalue weighted by Crippen LogP contribution is 2.44. The van der Waals surface area contributed by atoms with Gasteiger partial charge in [0.2, 0.25) is 0 Å². The van der Waals surface area contributed by atoms with E-state index in [0.29, 0.717) is 32.6 Å². The van der Waals surface area contributed by atoms with E-state index in [9.17, 15) is 9.59 Å². The van der Waals surface area contributed by atoms with E-state index < -0.39 is 5.54 Å². The Balaban J connectivity index is 1.75. The molecular formula is C13H19BrN2O3. The highest BCUT2D eigenvalue weighted by Gasteiger charge is 2.53. The summed E-state index contributed by atoms with van der Waals surface area (Å²) in [4.78, 5) is 26.2. The third-order valence-corrected chi connectivity index (χ3v) is 5.97. The Bertz CT molecular complexity index is 397. The summed E-state index contributed by atoms with van der Waals surface area (Å²) < 4.78 is 5.30. The van der Waals surface area contributed by atoms with Crippen LogP contribution in [0, 0.1) is 5.41 Å². The van der Waals surface area contributed by atoms with E-state index in [1.54, 1.807) is 0 Å². The van der Waals surface area contributed by atoms with Crippen molar-refractivity contribution in [2.24, 2.45) is 5.41 Å². The minimum atomic E-state index is -0.688. The molecular weight excluding hydrogens is 312 g/mol. The van der Waals surface area contributed by atoms with Crippen LogP contribution in [0.5, 0.6) is 0 Å². The fourth-order valence-corrected chi connectivity index (χ4v) is 3.96. The number of halogens is 1. The lowest BCUT2D eigenvalue weighted by Gasteiger charge is -2.42. The Morgan fingerprint density at radius 1 is 1.21 bits per heavy atom. The van der Waals surface area contributed by atoms with Gasteiger partial charge in [-0.25, -0.2) is 4.79 Å². The van der Waals surface area contributed by atoms with Crippen molar-refractivity contribution in [2.45, 2.75) is 37.6 Å². The van der Waals surface area contributed by atoms with Crippen molar-refractivity contribution in [3.8, 4) is 0 Å². The zero-order valence-corrected chi connectivity index (χ0v) is 12.5. The van der Waals surface area contributed by atoms with Gasteiger partial charge in [-0.05, 0) is 18.3 Å². The highest BCUT2D eigenvalue weighted by atomic mass is 79.9. The second kappa shape index (κ2) is 4.74. The quantitative estimate of drug-likeness (QED) is 0.632. The van der Waals surface area contributed by atoms with Crippen LogP contribution in [0.25, 0.3) is 0 Å². The normalized spacial score (nSPS) is 28.4. The second-order valence-electron chi connectivity index (χ2n) is 6.00. The molecule has 1 spiro atoms. The molecule has 0 aromatic heterocycles. The molecule has 3 aliphatic rings. The Kier molecular flexibility index (Phi) is 3.33. The number of carbonyl (C=O) groups is 2. The zero-order chi connectivity index (χ0) is 13.5. The van der Waals surface area contributed by atoms with Crippen LogP contribution in [0.1, 0.15) is 32.1 Å². The molecule has 3 fully saturated rings. The molecule has 2 aliphatic heterocycles. The number of alkyl halides is 1. The molecule has 0 bridgehead atoms. The van der Waals surface area contributed by atoms with E-state index in [1.807, 2.05) is 0 Å². The van der Waals surface area contributed by atoms with Gasteiger partial charge in [0, 0.05) is 37.9 Å². The summed E-state index contributed by atoms with van der Waals surface area (Å²) in [5.74, 6) is -0.0481. The van der Waals surface area contributed by atoms with Gasteiger partial charge in [-0.3, -0.25) is 9.69 Å². The van der Waals surface area contributed by atoms with Crippen LogP contribution in [0.4, 0.5) is 4.79 Å². The van der Waals surface area contributed by atoms with Crippen molar-refractivity contribution in [3.63, 3.8) is 0 Å². The van der Waals surface area contributed by atoms with Gasteiger partial charge in [0.25, 0.3) is 5.91 Å². The van der Waals surface area contributed by atoms with Gasteiger partial charge in [-0.2, -0.15) is 0 Å². The van der Waals surface area contributed by atoms with Crippen LogP contribution >= 0.6 is 15.9 Å². The minimum absolute atomic E-state index is 0.0481. The molecule has 0 unspecified atom stereocenters. The number of rotatable bonds is 3. The van der Waals surface area contributed by atoms with Crippen molar-refractivity contribution in [2.75, 3.05) is 25.1 Å². The summed E-state index contributed by atoms with van der Waals surface area (Å²) in [5.41, 5.74) is -0.587. The lowest BCUT2D eigenvalue weighted by molar-refractivity contribution is -0.136. The number of nitrogens with one attached hydrogen (secondary N) is 1. The number of carbonyl (C=O) groups excluding carboxylic acids is 2. The average Bonchev–Trinajstić information content (AvgIpc) is 2.58. The number of hydrogen-bond acceptors (Lipinski definition) is 3. The van der Waals surface area contributed by atoms with E-state index in [1.165, 1.54) is 11.3 Å². The maximum atomic E-state index is 12.6. The van der Waals surface area contributed by atoms with Gasteiger partial charge in [0.05, 0.1) is 0 Å². The van der Waals surface area contributed by atoms with Crippen molar-refractivity contribution < 1.29 is 14.3 Å². The minimum Gasteiger partial charge on any atom is -0.381 e. The Morgan fingerprint density at radius 2 is 1.89 bits per heavy atom. The van der Waals surface area contributed by atoms with Crippen molar-refractivity contribution >= 4 is 27.9 Å². The topological polar surface area (TPSA) is 58.6 Å². The van der Waals surface area contributed by atoms with Crippen LogP contribution in [0.3, 0.4) is 0 Å². The highest BCUT2D eigenvalue weighted by molar-refractivity contribution is 9.09. The molecule has 1 N–H and O–H groups in total. The fourth-order valence-electron chi connectivity index (χ4n) is 3.22. The monoisotopic (exact) mass is 330 g/mol. The summed E-state index contributed by atoms with van der Waals surface area (Å²) in [6, 6.07) is -0.223. The summed E-state index contributed by atoms with van der Waals surface area (Å²) in [7, 11) is 0. The number of hydrogen-bond donors (Lipinski definition) is 1. The molecule has 0 aromatic rings. The number of amides is 3. The van der Waals surface area contributed by atoms with E-state index in [0.717, 1.165) is 18.2 Å². The molecule has 2 saturated heterocycles.